The van der Waals surface area contributed by atoms with Crippen molar-refractivity contribution in [2.24, 2.45) is 5.73 Å². The molecule has 0 aliphatic rings. The Kier molecular flexibility index (Phi) is 4.28. The van der Waals surface area contributed by atoms with E-state index >= 15 is 0 Å². The van der Waals surface area contributed by atoms with Crippen molar-refractivity contribution in [1.29, 1.82) is 0 Å². The molecule has 1 aromatic carbocycles. The summed E-state index contributed by atoms with van der Waals surface area (Å²) in [5.74, 6) is -0.332. The van der Waals surface area contributed by atoms with Gasteiger partial charge in [0.1, 0.15) is 5.82 Å². The topological polar surface area (TPSA) is 56.7 Å². The second-order valence-corrected chi connectivity index (χ2v) is 4.47. The summed E-state index contributed by atoms with van der Waals surface area (Å²) in [6.45, 7) is 0.970. The van der Waals surface area contributed by atoms with E-state index in [-0.39, 0.29) is 5.82 Å². The van der Waals surface area contributed by atoms with Gasteiger partial charge >= 0.3 is 0 Å². The normalized spacial score (nSPS) is 10.8. The second-order valence-electron chi connectivity index (χ2n) is 4.04. The Morgan fingerprint density at radius 1 is 1.39 bits per heavy atom. The van der Waals surface area contributed by atoms with Crippen molar-refractivity contribution in [2.75, 3.05) is 6.54 Å². The van der Waals surface area contributed by atoms with Crippen molar-refractivity contribution >= 4 is 11.6 Å². The molecule has 2 N–H and O–H groups in total. The number of aryl methyl sites for hydroxylation is 1. The van der Waals surface area contributed by atoms with Gasteiger partial charge < -0.3 is 5.73 Å². The first-order valence-electron chi connectivity index (χ1n) is 5.72. The molecular weight excluding hydrogens is 255 g/mol. The largest absolute Gasteiger partial charge is 0.330 e. The minimum absolute atomic E-state index is 0.332. The van der Waals surface area contributed by atoms with Gasteiger partial charge in [0, 0.05) is 16.8 Å². The van der Waals surface area contributed by atoms with Crippen LogP contribution >= 0.6 is 11.6 Å². The standard InChI is InChI=1S/C12H14ClFN4/c13-10-4-3-9(12(14)6-10)7-18-8-11(16-17-18)2-1-5-15/h3-4,6,8H,1-2,5,7,15H2. The molecule has 0 aliphatic carbocycles. The highest BCUT2D eigenvalue weighted by molar-refractivity contribution is 6.30. The summed E-state index contributed by atoms with van der Waals surface area (Å²) < 4.78 is 15.2. The first-order valence-corrected chi connectivity index (χ1v) is 6.10. The van der Waals surface area contributed by atoms with E-state index < -0.39 is 0 Å². The molecule has 2 rings (SSSR count). The zero-order chi connectivity index (χ0) is 13.0. The fourth-order valence-electron chi connectivity index (χ4n) is 1.64. The lowest BCUT2D eigenvalue weighted by molar-refractivity contribution is 0.577. The summed E-state index contributed by atoms with van der Waals surface area (Å²) >= 11 is 5.69. The quantitative estimate of drug-likeness (QED) is 0.902. The molecule has 4 nitrogen and oxygen atoms in total. The van der Waals surface area contributed by atoms with Gasteiger partial charge in [0.25, 0.3) is 0 Å². The molecule has 0 unspecified atom stereocenters. The lowest BCUT2D eigenvalue weighted by Gasteiger charge is -2.02. The Balaban J connectivity index is 2.06. The van der Waals surface area contributed by atoms with Gasteiger partial charge in [0.2, 0.25) is 0 Å². The second kappa shape index (κ2) is 5.93. The maximum absolute atomic E-state index is 13.6. The molecule has 96 valence electrons. The summed E-state index contributed by atoms with van der Waals surface area (Å²) in [5, 5.41) is 8.35. The molecule has 0 bridgehead atoms. The number of hydrogen-bond acceptors (Lipinski definition) is 3. The minimum Gasteiger partial charge on any atom is -0.330 e. The van der Waals surface area contributed by atoms with Crippen LogP contribution in [0.15, 0.2) is 24.4 Å². The lowest BCUT2D eigenvalue weighted by atomic mass is 10.2. The van der Waals surface area contributed by atoms with Gasteiger partial charge in [0.15, 0.2) is 0 Å². The van der Waals surface area contributed by atoms with Crippen molar-refractivity contribution in [3.8, 4) is 0 Å². The van der Waals surface area contributed by atoms with Crippen LogP contribution in [0.25, 0.3) is 0 Å². The molecule has 0 fully saturated rings. The van der Waals surface area contributed by atoms with Gasteiger partial charge in [-0.3, -0.25) is 0 Å². The van der Waals surface area contributed by atoms with E-state index in [0.29, 0.717) is 23.7 Å². The third kappa shape index (κ3) is 3.27. The molecule has 0 amide bonds. The van der Waals surface area contributed by atoms with Gasteiger partial charge in [0.05, 0.1) is 12.2 Å². The first-order chi connectivity index (χ1) is 8.69. The van der Waals surface area contributed by atoms with Gasteiger partial charge in [-0.05, 0) is 31.5 Å². The fourth-order valence-corrected chi connectivity index (χ4v) is 1.80. The summed E-state index contributed by atoms with van der Waals surface area (Å²) in [5.41, 5.74) is 6.83. The van der Waals surface area contributed by atoms with E-state index in [2.05, 4.69) is 10.3 Å². The number of nitrogens with two attached hydrogens (primary N) is 1. The maximum Gasteiger partial charge on any atom is 0.129 e. The molecule has 0 aliphatic heterocycles. The van der Waals surface area contributed by atoms with Crippen molar-refractivity contribution in [3.05, 3.63) is 46.5 Å². The van der Waals surface area contributed by atoms with Crippen molar-refractivity contribution in [1.82, 2.24) is 15.0 Å². The number of aromatic nitrogens is 3. The monoisotopic (exact) mass is 268 g/mol. The molecule has 6 heteroatoms. The molecule has 0 spiro atoms. The predicted molar refractivity (Wildman–Crippen MR) is 67.9 cm³/mol. The molecule has 0 saturated heterocycles. The van der Waals surface area contributed by atoms with E-state index in [1.54, 1.807) is 16.8 Å². The van der Waals surface area contributed by atoms with Crippen molar-refractivity contribution in [3.63, 3.8) is 0 Å². The lowest BCUT2D eigenvalue weighted by Crippen LogP contribution is -2.02. The average molecular weight is 269 g/mol. The average Bonchev–Trinajstić information content (AvgIpc) is 2.78. The Bertz CT molecular complexity index is 527. The van der Waals surface area contributed by atoms with Crippen LogP contribution in [0.5, 0.6) is 0 Å². The summed E-state index contributed by atoms with van der Waals surface area (Å²) in [4.78, 5) is 0. The molecule has 0 saturated carbocycles. The Morgan fingerprint density at radius 3 is 2.94 bits per heavy atom. The van der Waals surface area contributed by atoms with Crippen LogP contribution < -0.4 is 5.73 Å². The van der Waals surface area contributed by atoms with E-state index in [1.165, 1.54) is 6.07 Å². The number of nitrogens with zero attached hydrogens (tertiary/aromatic N) is 3. The van der Waals surface area contributed by atoms with Crippen LogP contribution in [-0.2, 0) is 13.0 Å². The van der Waals surface area contributed by atoms with Gasteiger partial charge in [-0.25, -0.2) is 9.07 Å². The van der Waals surface area contributed by atoms with Crippen molar-refractivity contribution < 1.29 is 4.39 Å². The smallest absolute Gasteiger partial charge is 0.129 e. The summed E-state index contributed by atoms with van der Waals surface area (Å²) in [7, 11) is 0. The molecule has 1 heterocycles. The Labute approximate surface area is 110 Å². The SMILES string of the molecule is NCCCc1cn(Cc2ccc(Cl)cc2F)nn1. The highest BCUT2D eigenvalue weighted by Crippen LogP contribution is 2.15. The molecule has 0 atom stereocenters. The van der Waals surface area contributed by atoms with E-state index in [1.807, 2.05) is 6.20 Å². The van der Waals surface area contributed by atoms with Gasteiger partial charge in [-0.1, -0.05) is 22.9 Å². The molecule has 2 aromatic rings. The number of rotatable bonds is 5. The predicted octanol–water partition coefficient (Wildman–Crippen LogP) is 2.01. The third-order valence-electron chi connectivity index (χ3n) is 2.57. The zero-order valence-corrected chi connectivity index (χ0v) is 10.6. The number of halogens is 2. The van der Waals surface area contributed by atoms with Crippen LogP contribution in [0, 0.1) is 5.82 Å². The maximum atomic E-state index is 13.6. The van der Waals surface area contributed by atoms with Crippen LogP contribution in [0.2, 0.25) is 5.02 Å². The Morgan fingerprint density at radius 2 is 2.22 bits per heavy atom. The van der Waals surface area contributed by atoms with Crippen molar-refractivity contribution in [2.45, 2.75) is 19.4 Å². The number of hydrogen-bond donors (Lipinski definition) is 1. The van der Waals surface area contributed by atoms with Crippen LogP contribution in [0.4, 0.5) is 4.39 Å². The minimum atomic E-state index is -0.332. The summed E-state index contributed by atoms with van der Waals surface area (Å²) in [6, 6.07) is 4.61. The van der Waals surface area contributed by atoms with Gasteiger partial charge in [-0.15, -0.1) is 5.10 Å². The van der Waals surface area contributed by atoms with Crippen LogP contribution in [-0.4, -0.2) is 21.5 Å². The van der Waals surface area contributed by atoms with Gasteiger partial charge in [-0.2, -0.15) is 0 Å². The highest BCUT2D eigenvalue weighted by Gasteiger charge is 2.06. The Hall–Kier alpha value is -1.46. The zero-order valence-electron chi connectivity index (χ0n) is 9.81. The molecule has 18 heavy (non-hydrogen) atoms. The van der Waals surface area contributed by atoms with Crippen LogP contribution in [0.1, 0.15) is 17.7 Å². The molecule has 1 aromatic heterocycles. The third-order valence-corrected chi connectivity index (χ3v) is 2.81. The van der Waals surface area contributed by atoms with E-state index in [0.717, 1.165) is 18.5 Å². The molecular formula is C12H14ClFN4. The first kappa shape index (κ1) is 13.0. The van der Waals surface area contributed by atoms with E-state index in [9.17, 15) is 4.39 Å². The van der Waals surface area contributed by atoms with Crippen LogP contribution in [0.3, 0.4) is 0 Å². The number of benzene rings is 1. The summed E-state index contributed by atoms with van der Waals surface area (Å²) in [6.07, 6.45) is 3.47. The molecule has 0 radical (unpaired) electrons. The highest BCUT2D eigenvalue weighted by atomic mass is 35.5. The fraction of sp³-hybridized carbons (Fsp3) is 0.333. The van der Waals surface area contributed by atoms with E-state index in [4.69, 9.17) is 17.3 Å².